The molecule has 2 aromatic carbocycles. The standard InChI is InChI=1S/C31H28N2O6S2/c1-17(2)38-30(36)26-18(3)32-31-33(27(26)20-10-13-23(40-5)14-11-20)28(34)25(41-31)16-22-12-15-24(39-22)19-6-8-21(9-7-19)29(35)37-4/h6-17,27H,1-5H3/b25-16-/t27-/m0/s1. The van der Waals surface area contributed by atoms with Crippen molar-refractivity contribution in [2.24, 2.45) is 4.99 Å². The van der Waals surface area contributed by atoms with Crippen LogP contribution in [0.15, 0.2) is 91.0 Å². The fourth-order valence-electron chi connectivity index (χ4n) is 4.57. The van der Waals surface area contributed by atoms with Crippen LogP contribution in [0.4, 0.5) is 0 Å². The van der Waals surface area contributed by atoms with Gasteiger partial charge in [-0.05, 0) is 69.0 Å². The first-order chi connectivity index (χ1) is 19.7. The molecule has 3 heterocycles. The third-order valence-electron chi connectivity index (χ3n) is 6.51. The molecule has 0 aliphatic carbocycles. The topological polar surface area (TPSA) is 100 Å². The van der Waals surface area contributed by atoms with Crippen LogP contribution in [-0.2, 0) is 14.3 Å². The van der Waals surface area contributed by atoms with Crippen LogP contribution in [0.3, 0.4) is 0 Å². The number of carbonyl (C=O) groups is 2. The van der Waals surface area contributed by atoms with Gasteiger partial charge in [-0.1, -0.05) is 35.6 Å². The summed E-state index contributed by atoms with van der Waals surface area (Å²) in [6.07, 6.45) is 3.34. The lowest BCUT2D eigenvalue weighted by atomic mass is 9.96. The summed E-state index contributed by atoms with van der Waals surface area (Å²) in [6.45, 7) is 5.34. The van der Waals surface area contributed by atoms with E-state index in [0.717, 1.165) is 16.0 Å². The second-order valence-corrected chi connectivity index (χ2v) is 11.5. The van der Waals surface area contributed by atoms with Gasteiger partial charge in [0.1, 0.15) is 11.5 Å². The fraction of sp³-hybridized carbons (Fsp3) is 0.226. The molecule has 1 aliphatic rings. The Hall–Kier alpha value is -4.15. The number of hydrogen-bond acceptors (Lipinski definition) is 9. The van der Waals surface area contributed by atoms with Crippen LogP contribution >= 0.6 is 23.1 Å². The van der Waals surface area contributed by atoms with Crippen molar-refractivity contribution in [2.75, 3.05) is 13.4 Å². The third kappa shape index (κ3) is 5.71. The van der Waals surface area contributed by atoms with E-state index in [2.05, 4.69) is 4.99 Å². The highest BCUT2D eigenvalue weighted by Crippen LogP contribution is 2.32. The Morgan fingerprint density at radius 2 is 1.76 bits per heavy atom. The summed E-state index contributed by atoms with van der Waals surface area (Å²) in [5.41, 5.74) is 2.57. The van der Waals surface area contributed by atoms with Crippen LogP contribution in [0, 0.1) is 0 Å². The molecule has 2 aromatic heterocycles. The molecule has 0 unspecified atom stereocenters. The van der Waals surface area contributed by atoms with E-state index >= 15 is 0 Å². The number of aromatic nitrogens is 1. The fourth-order valence-corrected chi connectivity index (χ4v) is 6.00. The number of allylic oxidation sites excluding steroid dienone is 1. The normalized spacial score (nSPS) is 15.1. The van der Waals surface area contributed by atoms with E-state index in [1.54, 1.807) is 79.6 Å². The summed E-state index contributed by atoms with van der Waals surface area (Å²) < 4.78 is 18.3. The summed E-state index contributed by atoms with van der Waals surface area (Å²) in [5, 5.41) is 0. The van der Waals surface area contributed by atoms with Crippen molar-refractivity contribution in [3.8, 4) is 11.3 Å². The minimum Gasteiger partial charge on any atom is -0.465 e. The molecule has 210 valence electrons. The highest BCUT2D eigenvalue weighted by molar-refractivity contribution is 7.98. The predicted octanol–water partition coefficient (Wildman–Crippen LogP) is 4.96. The van der Waals surface area contributed by atoms with Crippen molar-refractivity contribution in [3.05, 3.63) is 109 Å². The molecule has 5 rings (SSSR count). The Bertz CT molecular complexity index is 1830. The van der Waals surface area contributed by atoms with Crippen molar-refractivity contribution in [3.63, 3.8) is 0 Å². The molecule has 41 heavy (non-hydrogen) atoms. The molecular weight excluding hydrogens is 560 g/mol. The quantitative estimate of drug-likeness (QED) is 0.222. The molecule has 0 fully saturated rings. The Balaban J connectivity index is 1.57. The highest BCUT2D eigenvalue weighted by Gasteiger charge is 2.33. The molecule has 4 aromatic rings. The average molecular weight is 589 g/mol. The number of esters is 2. The van der Waals surface area contributed by atoms with Gasteiger partial charge in [0.05, 0.1) is 40.6 Å². The number of benzene rings is 2. The average Bonchev–Trinajstić information content (AvgIpc) is 3.55. The molecule has 10 heteroatoms. The summed E-state index contributed by atoms with van der Waals surface area (Å²) >= 11 is 2.85. The van der Waals surface area contributed by atoms with Gasteiger partial charge in [-0.15, -0.1) is 11.8 Å². The maximum atomic E-state index is 13.8. The van der Waals surface area contributed by atoms with E-state index in [-0.39, 0.29) is 11.7 Å². The lowest BCUT2D eigenvalue weighted by molar-refractivity contribution is -0.143. The molecule has 0 saturated carbocycles. The maximum Gasteiger partial charge on any atom is 0.338 e. The van der Waals surface area contributed by atoms with E-state index in [1.807, 2.05) is 30.5 Å². The molecule has 0 radical (unpaired) electrons. The number of carbonyl (C=O) groups excluding carboxylic acids is 2. The third-order valence-corrected chi connectivity index (χ3v) is 8.23. The first-order valence-electron chi connectivity index (χ1n) is 12.9. The first-order valence-corrected chi connectivity index (χ1v) is 14.9. The summed E-state index contributed by atoms with van der Waals surface area (Å²) in [6, 6.07) is 17.6. The van der Waals surface area contributed by atoms with Crippen molar-refractivity contribution in [1.82, 2.24) is 4.57 Å². The molecular formula is C31H28N2O6S2. The highest BCUT2D eigenvalue weighted by atomic mass is 32.2. The number of methoxy groups -OCH3 is 1. The van der Waals surface area contributed by atoms with E-state index in [1.165, 1.54) is 18.4 Å². The van der Waals surface area contributed by atoms with Crippen LogP contribution in [-0.4, -0.2) is 36.0 Å². The van der Waals surface area contributed by atoms with Crippen LogP contribution in [0.1, 0.15) is 48.5 Å². The number of thioether (sulfide) groups is 1. The second kappa shape index (κ2) is 11.8. The molecule has 1 atom stereocenters. The van der Waals surface area contributed by atoms with E-state index in [9.17, 15) is 14.4 Å². The zero-order valence-electron chi connectivity index (χ0n) is 23.2. The monoisotopic (exact) mass is 588 g/mol. The smallest absolute Gasteiger partial charge is 0.338 e. The zero-order valence-corrected chi connectivity index (χ0v) is 24.8. The molecule has 0 spiro atoms. The van der Waals surface area contributed by atoms with Crippen LogP contribution in [0.25, 0.3) is 17.4 Å². The van der Waals surface area contributed by atoms with Gasteiger partial charge in [0, 0.05) is 16.5 Å². The molecule has 0 amide bonds. The van der Waals surface area contributed by atoms with Crippen LogP contribution in [0.2, 0.25) is 0 Å². The minimum absolute atomic E-state index is 0.282. The van der Waals surface area contributed by atoms with Gasteiger partial charge in [-0.25, -0.2) is 14.6 Å². The lowest BCUT2D eigenvalue weighted by Crippen LogP contribution is -2.40. The van der Waals surface area contributed by atoms with Gasteiger partial charge < -0.3 is 13.9 Å². The van der Waals surface area contributed by atoms with Gasteiger partial charge >= 0.3 is 11.9 Å². The molecule has 0 bridgehead atoms. The van der Waals surface area contributed by atoms with Gasteiger partial charge in [-0.3, -0.25) is 9.36 Å². The SMILES string of the molecule is COC(=O)c1ccc(-c2ccc(/C=c3\sc4n(c3=O)[C@@H](c3ccc(SC)cc3)C(C(=O)OC(C)C)=C(C)N=4)o2)cc1. The maximum absolute atomic E-state index is 13.8. The summed E-state index contributed by atoms with van der Waals surface area (Å²) in [7, 11) is 1.34. The Morgan fingerprint density at radius 1 is 1.05 bits per heavy atom. The molecule has 8 nitrogen and oxygen atoms in total. The minimum atomic E-state index is -0.684. The number of rotatable bonds is 7. The van der Waals surface area contributed by atoms with Gasteiger partial charge in [-0.2, -0.15) is 0 Å². The summed E-state index contributed by atoms with van der Waals surface area (Å²) in [4.78, 5) is 45.0. The van der Waals surface area contributed by atoms with Crippen LogP contribution in [0.5, 0.6) is 0 Å². The van der Waals surface area contributed by atoms with Crippen molar-refractivity contribution < 1.29 is 23.5 Å². The van der Waals surface area contributed by atoms with Crippen molar-refractivity contribution in [2.45, 2.75) is 37.8 Å². The van der Waals surface area contributed by atoms with Crippen molar-refractivity contribution in [1.29, 1.82) is 0 Å². The first kappa shape index (κ1) is 28.4. The molecule has 1 aliphatic heterocycles. The molecule has 0 saturated heterocycles. The number of fused-ring (bicyclic) bond motifs is 1. The number of nitrogens with zero attached hydrogens (tertiary/aromatic N) is 2. The number of thiazole rings is 1. The number of hydrogen-bond donors (Lipinski definition) is 0. The van der Waals surface area contributed by atoms with E-state index in [0.29, 0.717) is 37.7 Å². The number of ether oxygens (including phenoxy) is 2. The van der Waals surface area contributed by atoms with Gasteiger partial charge in [0.15, 0.2) is 4.80 Å². The largest absolute Gasteiger partial charge is 0.465 e. The number of furan rings is 1. The van der Waals surface area contributed by atoms with Gasteiger partial charge in [0.2, 0.25) is 0 Å². The summed E-state index contributed by atoms with van der Waals surface area (Å²) in [5.74, 6) is 0.157. The van der Waals surface area contributed by atoms with E-state index in [4.69, 9.17) is 13.9 Å². The zero-order chi connectivity index (χ0) is 29.3. The predicted molar refractivity (Wildman–Crippen MR) is 159 cm³/mol. The molecule has 0 N–H and O–H groups in total. The second-order valence-electron chi connectivity index (χ2n) is 9.58. The lowest BCUT2D eigenvalue weighted by Gasteiger charge is -2.25. The van der Waals surface area contributed by atoms with Crippen LogP contribution < -0.4 is 14.9 Å². The Labute approximate surface area is 244 Å². The van der Waals surface area contributed by atoms with Gasteiger partial charge in [0.25, 0.3) is 5.56 Å². The Kier molecular flexibility index (Phi) is 8.14. The van der Waals surface area contributed by atoms with E-state index < -0.39 is 18.0 Å². The van der Waals surface area contributed by atoms with Crippen molar-refractivity contribution >= 4 is 41.1 Å². The Morgan fingerprint density at radius 3 is 2.39 bits per heavy atom.